The van der Waals surface area contributed by atoms with Crippen LogP contribution in [-0.4, -0.2) is 8.32 Å². The van der Waals surface area contributed by atoms with E-state index >= 15 is 0 Å². The van der Waals surface area contributed by atoms with Gasteiger partial charge in [0, 0.05) is 5.92 Å². The molecule has 0 spiro atoms. The molecule has 0 unspecified atom stereocenters. The largest absolute Gasteiger partial charge is 0.547 e. The fourth-order valence-electron chi connectivity index (χ4n) is 1.98. The monoisotopic (exact) mass is 182 g/mol. The van der Waals surface area contributed by atoms with E-state index in [9.17, 15) is 0 Å². The minimum atomic E-state index is -1.33. The maximum atomic E-state index is 6.03. The average molecular weight is 182 g/mol. The minimum absolute atomic E-state index is 0.825. The van der Waals surface area contributed by atoms with Gasteiger partial charge in [-0.2, -0.15) is 0 Å². The second-order valence-electron chi connectivity index (χ2n) is 5.00. The lowest BCUT2D eigenvalue weighted by Crippen LogP contribution is -2.26. The summed E-state index contributed by atoms with van der Waals surface area (Å²) in [7, 11) is -1.33. The summed E-state index contributed by atoms with van der Waals surface area (Å²) in [6.45, 7) is 6.79. The van der Waals surface area contributed by atoms with E-state index in [1.165, 1.54) is 25.0 Å². The van der Waals surface area contributed by atoms with E-state index in [-0.39, 0.29) is 0 Å². The molecule has 2 rings (SSSR count). The first kappa shape index (κ1) is 8.36. The molecule has 2 atom stereocenters. The van der Waals surface area contributed by atoms with Gasteiger partial charge >= 0.3 is 0 Å². The molecule has 1 nitrogen and oxygen atoms in total. The molecule has 0 aromatic carbocycles. The summed E-state index contributed by atoms with van der Waals surface area (Å²) in [5.41, 5.74) is 0. The third kappa shape index (κ3) is 1.74. The lowest BCUT2D eigenvalue weighted by atomic mass is 10.1. The quantitative estimate of drug-likeness (QED) is 0.596. The van der Waals surface area contributed by atoms with Crippen molar-refractivity contribution in [1.29, 1.82) is 0 Å². The highest BCUT2D eigenvalue weighted by molar-refractivity contribution is 6.70. The zero-order valence-electron chi connectivity index (χ0n) is 8.26. The van der Waals surface area contributed by atoms with Gasteiger partial charge in [-0.15, -0.1) is 0 Å². The van der Waals surface area contributed by atoms with Crippen molar-refractivity contribution in [3.8, 4) is 0 Å². The van der Waals surface area contributed by atoms with Crippen LogP contribution >= 0.6 is 0 Å². The van der Waals surface area contributed by atoms with Crippen molar-refractivity contribution in [2.75, 3.05) is 0 Å². The van der Waals surface area contributed by atoms with Crippen LogP contribution in [0.25, 0.3) is 0 Å². The Bertz CT molecular complexity index is 214. The second kappa shape index (κ2) is 2.62. The Morgan fingerprint density at radius 3 is 2.83 bits per heavy atom. The number of hydrogen-bond acceptors (Lipinski definition) is 1. The highest BCUT2D eigenvalue weighted by Gasteiger charge is 2.43. The summed E-state index contributed by atoms with van der Waals surface area (Å²) < 4.78 is 6.03. The molecule has 2 heteroatoms. The molecule has 0 radical (unpaired) electrons. The van der Waals surface area contributed by atoms with Gasteiger partial charge in [-0.3, -0.25) is 0 Å². The lowest BCUT2D eigenvalue weighted by molar-refractivity contribution is 0.368. The van der Waals surface area contributed by atoms with E-state index in [1.807, 2.05) is 0 Å². The van der Waals surface area contributed by atoms with Gasteiger partial charge in [0.2, 0.25) is 8.32 Å². The predicted octanol–water partition coefficient (Wildman–Crippen LogP) is 3.15. The van der Waals surface area contributed by atoms with Gasteiger partial charge in [0.05, 0.1) is 5.76 Å². The summed E-state index contributed by atoms with van der Waals surface area (Å²) in [6.07, 6.45) is 6.38. The molecule has 1 fully saturated rings. The Balaban J connectivity index is 1.99. The van der Waals surface area contributed by atoms with Crippen molar-refractivity contribution in [3.05, 3.63) is 11.8 Å². The number of allylic oxidation sites excluding steroid dienone is 2. The van der Waals surface area contributed by atoms with E-state index in [0.29, 0.717) is 0 Å². The molecular formula is C10H18OSi. The van der Waals surface area contributed by atoms with Gasteiger partial charge in [0.25, 0.3) is 0 Å². The topological polar surface area (TPSA) is 9.23 Å². The van der Waals surface area contributed by atoms with Crippen LogP contribution in [-0.2, 0) is 4.43 Å². The first-order valence-corrected chi connectivity index (χ1v) is 8.36. The summed E-state index contributed by atoms with van der Waals surface area (Å²) in [5, 5.41) is 0. The van der Waals surface area contributed by atoms with Gasteiger partial charge in [-0.1, -0.05) is 0 Å². The molecular weight excluding hydrogens is 164 g/mol. The Kier molecular flexibility index (Phi) is 1.83. The van der Waals surface area contributed by atoms with Crippen molar-refractivity contribution in [3.63, 3.8) is 0 Å². The zero-order valence-corrected chi connectivity index (χ0v) is 9.26. The summed E-state index contributed by atoms with van der Waals surface area (Å²) in [4.78, 5) is 0. The maximum Gasteiger partial charge on any atom is 0.241 e. The fraction of sp³-hybridized carbons (Fsp3) is 0.800. The van der Waals surface area contributed by atoms with Crippen molar-refractivity contribution in [2.24, 2.45) is 11.8 Å². The summed E-state index contributed by atoms with van der Waals surface area (Å²) in [5.74, 6) is 3.15. The van der Waals surface area contributed by atoms with Gasteiger partial charge in [0.15, 0.2) is 0 Å². The van der Waals surface area contributed by atoms with Gasteiger partial charge in [-0.25, -0.2) is 0 Å². The Morgan fingerprint density at radius 2 is 2.17 bits per heavy atom. The molecule has 0 N–H and O–H groups in total. The highest BCUT2D eigenvalue weighted by atomic mass is 28.4. The minimum Gasteiger partial charge on any atom is -0.547 e. The highest BCUT2D eigenvalue weighted by Crippen LogP contribution is 2.51. The number of rotatable bonds is 2. The molecule has 0 amide bonds. The summed E-state index contributed by atoms with van der Waals surface area (Å²) in [6, 6.07) is 0. The number of hydrogen-bond donors (Lipinski definition) is 0. The van der Waals surface area contributed by atoms with Crippen LogP contribution in [0.4, 0.5) is 0 Å². The standard InChI is InChI=1S/C10H18OSi/c1-12(2,3)11-10-6-4-5-8-7-9(8)10/h6,8-9H,4-5,7H2,1-3H3/t8-,9-/m0/s1. The third-order valence-electron chi connectivity index (χ3n) is 2.60. The molecule has 12 heavy (non-hydrogen) atoms. The molecule has 2 aliphatic carbocycles. The Morgan fingerprint density at radius 1 is 1.42 bits per heavy atom. The van der Waals surface area contributed by atoms with E-state index in [2.05, 4.69) is 25.7 Å². The van der Waals surface area contributed by atoms with Crippen molar-refractivity contribution in [1.82, 2.24) is 0 Å². The fourth-order valence-corrected chi connectivity index (χ4v) is 2.92. The average Bonchev–Trinajstić information content (AvgIpc) is 2.62. The van der Waals surface area contributed by atoms with Crippen LogP contribution in [0.1, 0.15) is 19.3 Å². The first-order valence-electron chi connectivity index (χ1n) is 4.95. The SMILES string of the molecule is C[Si](C)(C)OC1=CCC[C@H]2C[C@H]12. The zero-order chi connectivity index (χ0) is 8.77. The Hall–Kier alpha value is -0.243. The summed E-state index contributed by atoms with van der Waals surface area (Å²) >= 11 is 0. The molecule has 0 aromatic heterocycles. The molecule has 1 saturated carbocycles. The van der Waals surface area contributed by atoms with Crippen LogP contribution in [0.5, 0.6) is 0 Å². The smallest absolute Gasteiger partial charge is 0.241 e. The van der Waals surface area contributed by atoms with Gasteiger partial charge in [-0.05, 0) is 50.9 Å². The van der Waals surface area contributed by atoms with Crippen molar-refractivity contribution in [2.45, 2.75) is 38.9 Å². The molecule has 0 aromatic rings. The van der Waals surface area contributed by atoms with Crippen LogP contribution in [0.2, 0.25) is 19.6 Å². The van der Waals surface area contributed by atoms with Crippen LogP contribution in [0, 0.1) is 11.8 Å². The number of fused-ring (bicyclic) bond motifs is 1. The van der Waals surface area contributed by atoms with Gasteiger partial charge in [0.1, 0.15) is 0 Å². The van der Waals surface area contributed by atoms with E-state index in [0.717, 1.165) is 11.8 Å². The molecule has 0 saturated heterocycles. The van der Waals surface area contributed by atoms with Crippen LogP contribution < -0.4 is 0 Å². The molecule has 68 valence electrons. The van der Waals surface area contributed by atoms with E-state index in [4.69, 9.17) is 4.43 Å². The maximum absolute atomic E-state index is 6.03. The molecule has 0 bridgehead atoms. The second-order valence-corrected chi connectivity index (χ2v) is 9.43. The normalized spacial score (nSPS) is 33.8. The van der Waals surface area contributed by atoms with Crippen LogP contribution in [0.15, 0.2) is 11.8 Å². The van der Waals surface area contributed by atoms with Crippen LogP contribution in [0.3, 0.4) is 0 Å². The molecule has 0 heterocycles. The third-order valence-corrected chi connectivity index (χ3v) is 3.44. The van der Waals surface area contributed by atoms with E-state index < -0.39 is 8.32 Å². The van der Waals surface area contributed by atoms with Crippen molar-refractivity contribution >= 4 is 8.32 Å². The molecule has 2 aliphatic rings. The Labute approximate surface area is 75.9 Å². The van der Waals surface area contributed by atoms with Gasteiger partial charge < -0.3 is 4.43 Å². The molecule has 0 aliphatic heterocycles. The first-order chi connectivity index (χ1) is 5.56. The predicted molar refractivity (Wildman–Crippen MR) is 53.3 cm³/mol. The van der Waals surface area contributed by atoms with Crippen molar-refractivity contribution < 1.29 is 4.43 Å². The lowest BCUT2D eigenvalue weighted by Gasteiger charge is -2.23. The van der Waals surface area contributed by atoms with E-state index in [1.54, 1.807) is 0 Å².